The Morgan fingerprint density at radius 1 is 1.10 bits per heavy atom. The summed E-state index contributed by atoms with van der Waals surface area (Å²) in [5, 5.41) is 7.05. The summed E-state index contributed by atoms with van der Waals surface area (Å²) < 4.78 is 15.0. The third-order valence-corrected chi connectivity index (χ3v) is 4.41. The van der Waals surface area contributed by atoms with Gasteiger partial charge < -0.3 is 5.32 Å². The molecule has 150 valence electrons. The molecule has 0 aliphatic heterocycles. The van der Waals surface area contributed by atoms with Crippen LogP contribution in [-0.2, 0) is 13.1 Å². The fraction of sp³-hybridized carbons (Fsp3) is 0.200. The minimum Gasteiger partial charge on any atom is -0.346 e. The maximum absolute atomic E-state index is 13.0. The Hall–Kier alpha value is -3.26. The summed E-state index contributed by atoms with van der Waals surface area (Å²) >= 11 is 5.89. The predicted molar refractivity (Wildman–Crippen MR) is 107 cm³/mol. The summed E-state index contributed by atoms with van der Waals surface area (Å²) in [7, 11) is 0. The number of nitrogens with one attached hydrogen (secondary N) is 1. The van der Waals surface area contributed by atoms with Crippen LogP contribution in [0.4, 0.5) is 4.39 Å². The van der Waals surface area contributed by atoms with Gasteiger partial charge in [-0.15, -0.1) is 0 Å². The highest BCUT2D eigenvalue weighted by Gasteiger charge is 2.19. The van der Waals surface area contributed by atoms with Gasteiger partial charge in [-0.05, 0) is 48.4 Å². The number of hydrogen-bond acceptors (Lipinski definition) is 4. The van der Waals surface area contributed by atoms with Crippen LogP contribution < -0.4 is 16.6 Å². The largest absolute Gasteiger partial charge is 0.352 e. The zero-order valence-corrected chi connectivity index (χ0v) is 16.3. The molecule has 7 nitrogen and oxygen atoms in total. The van der Waals surface area contributed by atoms with Crippen molar-refractivity contribution in [1.82, 2.24) is 19.7 Å². The number of carbonyl (C=O) groups is 1. The highest BCUT2D eigenvalue weighted by Crippen LogP contribution is 2.11. The predicted octanol–water partition coefficient (Wildman–Crippen LogP) is 2.53. The number of hydrogen-bond donors (Lipinski definition) is 1. The highest BCUT2D eigenvalue weighted by molar-refractivity contribution is 6.30. The molecule has 0 bridgehead atoms. The van der Waals surface area contributed by atoms with Crippen molar-refractivity contribution in [2.45, 2.75) is 26.4 Å². The maximum Gasteiger partial charge on any atom is 0.352 e. The van der Waals surface area contributed by atoms with E-state index in [4.69, 9.17) is 11.6 Å². The van der Waals surface area contributed by atoms with Crippen molar-refractivity contribution in [1.29, 1.82) is 0 Å². The van der Waals surface area contributed by atoms with Crippen LogP contribution in [0, 0.1) is 5.82 Å². The van der Waals surface area contributed by atoms with E-state index in [-0.39, 0.29) is 18.9 Å². The van der Waals surface area contributed by atoms with Gasteiger partial charge in [0.1, 0.15) is 5.82 Å². The van der Waals surface area contributed by atoms with E-state index in [1.54, 1.807) is 24.3 Å². The molecule has 0 fully saturated rings. The molecule has 0 atom stereocenters. The van der Waals surface area contributed by atoms with Crippen LogP contribution in [0.2, 0.25) is 5.02 Å². The van der Waals surface area contributed by atoms with Crippen LogP contribution in [0.3, 0.4) is 0 Å². The molecule has 1 heterocycles. The molecule has 9 heteroatoms. The van der Waals surface area contributed by atoms with E-state index < -0.39 is 22.9 Å². The van der Waals surface area contributed by atoms with Crippen LogP contribution in [0.1, 0.15) is 29.4 Å². The molecule has 0 saturated carbocycles. The van der Waals surface area contributed by atoms with Gasteiger partial charge in [-0.1, -0.05) is 30.7 Å². The van der Waals surface area contributed by atoms with E-state index in [1.807, 2.05) is 6.92 Å². The van der Waals surface area contributed by atoms with Crippen LogP contribution in [0.25, 0.3) is 5.69 Å². The summed E-state index contributed by atoms with van der Waals surface area (Å²) in [6.45, 7) is 2.04. The van der Waals surface area contributed by atoms with Gasteiger partial charge in [-0.25, -0.2) is 9.18 Å². The van der Waals surface area contributed by atoms with Crippen molar-refractivity contribution in [3.63, 3.8) is 0 Å². The minimum atomic E-state index is -0.765. The number of nitrogens with zero attached hydrogens (tertiary/aromatic N) is 3. The molecule has 2 aromatic carbocycles. The highest BCUT2D eigenvalue weighted by atomic mass is 35.5. The van der Waals surface area contributed by atoms with E-state index in [2.05, 4.69) is 10.4 Å². The lowest BCUT2D eigenvalue weighted by molar-refractivity contribution is 0.0941. The van der Waals surface area contributed by atoms with Gasteiger partial charge in [0.2, 0.25) is 5.69 Å². The molecular weight excluding hydrogens is 399 g/mol. The van der Waals surface area contributed by atoms with Gasteiger partial charge in [-0.2, -0.15) is 9.78 Å². The molecule has 1 aromatic heterocycles. The molecule has 1 amide bonds. The molecule has 1 N–H and O–H groups in total. The average molecular weight is 417 g/mol. The normalized spacial score (nSPS) is 10.7. The van der Waals surface area contributed by atoms with E-state index in [1.165, 1.54) is 24.3 Å². The maximum atomic E-state index is 13.0. The fourth-order valence-electron chi connectivity index (χ4n) is 2.70. The molecule has 29 heavy (non-hydrogen) atoms. The van der Waals surface area contributed by atoms with Gasteiger partial charge in [-0.3, -0.25) is 14.2 Å². The Morgan fingerprint density at radius 3 is 2.38 bits per heavy atom. The van der Waals surface area contributed by atoms with Crippen LogP contribution in [0.5, 0.6) is 0 Å². The Morgan fingerprint density at radius 2 is 1.76 bits per heavy atom. The Kier molecular flexibility index (Phi) is 6.23. The first-order chi connectivity index (χ1) is 13.9. The number of carbonyl (C=O) groups excluding carboxylic acids is 1. The monoisotopic (exact) mass is 416 g/mol. The third kappa shape index (κ3) is 4.60. The minimum absolute atomic E-state index is 0.0775. The zero-order chi connectivity index (χ0) is 21.0. The number of amides is 1. The topological polar surface area (TPSA) is 86.0 Å². The molecule has 0 spiro atoms. The van der Waals surface area contributed by atoms with Gasteiger partial charge >= 0.3 is 5.69 Å². The van der Waals surface area contributed by atoms with Gasteiger partial charge in [0.15, 0.2) is 0 Å². The third-order valence-electron chi connectivity index (χ3n) is 4.16. The fourth-order valence-corrected chi connectivity index (χ4v) is 2.82. The van der Waals surface area contributed by atoms with Crippen molar-refractivity contribution >= 4 is 17.5 Å². The van der Waals surface area contributed by atoms with E-state index in [0.29, 0.717) is 22.7 Å². The summed E-state index contributed by atoms with van der Waals surface area (Å²) in [5.74, 6) is -1.12. The molecule has 3 aromatic rings. The number of halogens is 2. The van der Waals surface area contributed by atoms with E-state index in [9.17, 15) is 18.8 Å². The van der Waals surface area contributed by atoms with Crippen LogP contribution in [-0.4, -0.2) is 20.3 Å². The Balaban J connectivity index is 1.99. The molecule has 0 radical (unpaired) electrons. The van der Waals surface area contributed by atoms with Crippen molar-refractivity contribution < 1.29 is 9.18 Å². The second-order valence-corrected chi connectivity index (χ2v) is 6.72. The second-order valence-electron chi connectivity index (χ2n) is 6.29. The Bertz CT molecular complexity index is 1140. The molecular formula is C20H18ClFN4O3. The molecule has 0 aliphatic carbocycles. The van der Waals surface area contributed by atoms with Crippen molar-refractivity contribution in [2.24, 2.45) is 0 Å². The average Bonchev–Trinajstić information content (AvgIpc) is 2.71. The summed E-state index contributed by atoms with van der Waals surface area (Å²) in [6.07, 6.45) is 0.524. The zero-order valence-electron chi connectivity index (χ0n) is 15.6. The van der Waals surface area contributed by atoms with Gasteiger partial charge in [0.05, 0.1) is 5.69 Å². The lowest BCUT2D eigenvalue weighted by Gasteiger charge is -2.12. The van der Waals surface area contributed by atoms with Crippen molar-refractivity contribution in [3.8, 4) is 5.69 Å². The number of benzene rings is 2. The lowest BCUT2D eigenvalue weighted by atomic mass is 10.2. The second kappa shape index (κ2) is 8.83. The SMILES string of the molecule is CCCn1c(=O)c(C(=O)NCc2ccc(F)cc2)nn(-c2ccc(Cl)cc2)c1=O. The summed E-state index contributed by atoms with van der Waals surface area (Å²) in [4.78, 5) is 38.0. The first kappa shape index (κ1) is 20.5. The molecule has 0 aliphatic rings. The quantitative estimate of drug-likeness (QED) is 0.669. The first-order valence-electron chi connectivity index (χ1n) is 8.93. The van der Waals surface area contributed by atoms with Crippen LogP contribution >= 0.6 is 11.6 Å². The van der Waals surface area contributed by atoms with Gasteiger partial charge in [0, 0.05) is 18.1 Å². The van der Waals surface area contributed by atoms with E-state index in [0.717, 1.165) is 9.25 Å². The lowest BCUT2D eigenvalue weighted by Crippen LogP contribution is -2.45. The first-order valence-corrected chi connectivity index (χ1v) is 9.31. The number of rotatable bonds is 6. The van der Waals surface area contributed by atoms with E-state index >= 15 is 0 Å². The Labute approximate surface area is 170 Å². The standard InChI is InChI=1S/C20H18ClFN4O3/c1-2-11-25-19(28)17(18(27)23-12-13-3-7-15(22)8-4-13)24-26(20(25)29)16-9-5-14(21)6-10-16/h3-10H,2,11-12H2,1H3,(H,23,27). The van der Waals surface area contributed by atoms with Crippen LogP contribution in [0.15, 0.2) is 58.1 Å². The van der Waals surface area contributed by atoms with Gasteiger partial charge in [0.25, 0.3) is 11.5 Å². The number of aromatic nitrogens is 3. The molecule has 0 unspecified atom stereocenters. The molecule has 3 rings (SSSR count). The summed E-state index contributed by atoms with van der Waals surface area (Å²) in [5.41, 5.74) is -0.792. The van der Waals surface area contributed by atoms with Crippen molar-refractivity contribution in [3.05, 3.63) is 91.5 Å². The summed E-state index contributed by atoms with van der Waals surface area (Å²) in [6, 6.07) is 11.9. The van der Waals surface area contributed by atoms with Crippen molar-refractivity contribution in [2.75, 3.05) is 0 Å². The smallest absolute Gasteiger partial charge is 0.346 e. The molecule has 0 saturated heterocycles.